The predicted molar refractivity (Wildman–Crippen MR) is 97.7 cm³/mol. The van der Waals surface area contributed by atoms with Crippen molar-refractivity contribution >= 4 is 44.3 Å². The summed E-state index contributed by atoms with van der Waals surface area (Å²) in [6.45, 7) is 3.99. The maximum absolute atomic E-state index is 12.3. The molecule has 0 aliphatic rings. The number of rotatable bonds is 4. The first-order valence-electron chi connectivity index (χ1n) is 7.54. The summed E-state index contributed by atoms with van der Waals surface area (Å²) in [5.41, 5.74) is 3.33. The number of aryl methyl sites for hydroxylation is 1. The van der Waals surface area contributed by atoms with Gasteiger partial charge in [-0.3, -0.25) is 0 Å². The minimum atomic E-state index is -0.412. The zero-order chi connectivity index (χ0) is 17.1. The lowest BCUT2D eigenvalue weighted by Gasteiger charge is -2.14. The van der Waals surface area contributed by atoms with E-state index in [9.17, 15) is 4.79 Å². The fourth-order valence-corrected chi connectivity index (χ4v) is 2.78. The Bertz CT molecular complexity index is 912. The molecule has 0 bridgehead atoms. The van der Waals surface area contributed by atoms with E-state index in [1.807, 2.05) is 43.3 Å². The van der Waals surface area contributed by atoms with Gasteiger partial charge in [0, 0.05) is 27.4 Å². The number of nitrogens with zero attached hydrogens (tertiary/aromatic N) is 2. The van der Waals surface area contributed by atoms with Crippen molar-refractivity contribution < 1.29 is 9.53 Å². The zero-order valence-electron chi connectivity index (χ0n) is 13.3. The first-order valence-corrected chi connectivity index (χ1v) is 8.34. The van der Waals surface area contributed by atoms with E-state index in [0.717, 1.165) is 21.2 Å². The number of carbonyl (C=O) groups is 1. The normalized spacial score (nSPS) is 10.6. The van der Waals surface area contributed by atoms with Crippen molar-refractivity contribution in [1.82, 2.24) is 9.97 Å². The van der Waals surface area contributed by atoms with Crippen molar-refractivity contribution in [2.24, 2.45) is 0 Å². The number of benzene rings is 1. The van der Waals surface area contributed by atoms with Crippen LogP contribution in [0.1, 0.15) is 23.0 Å². The minimum Gasteiger partial charge on any atom is -0.462 e. The molecule has 5 nitrogen and oxygen atoms in total. The van der Waals surface area contributed by atoms with E-state index in [1.54, 1.807) is 6.92 Å². The van der Waals surface area contributed by atoms with Crippen LogP contribution in [0.2, 0.25) is 0 Å². The summed E-state index contributed by atoms with van der Waals surface area (Å²) in [6.07, 6.45) is 1.51. The topological polar surface area (TPSA) is 64.1 Å². The summed E-state index contributed by atoms with van der Waals surface area (Å²) in [5.74, 6) is -0.412. The molecule has 0 saturated carbocycles. The van der Waals surface area contributed by atoms with Gasteiger partial charge < -0.3 is 10.1 Å². The quantitative estimate of drug-likeness (QED) is 0.663. The Morgan fingerprint density at radius 2 is 2.12 bits per heavy atom. The van der Waals surface area contributed by atoms with Gasteiger partial charge in [-0.2, -0.15) is 0 Å². The average molecular weight is 386 g/mol. The summed E-state index contributed by atoms with van der Waals surface area (Å²) in [6, 6.07) is 11.5. The summed E-state index contributed by atoms with van der Waals surface area (Å²) in [4.78, 5) is 21.0. The number of anilines is 2. The number of halogens is 1. The number of fused-ring (bicyclic) bond motifs is 1. The third-order valence-corrected chi connectivity index (χ3v) is 3.95. The largest absolute Gasteiger partial charge is 0.462 e. The van der Waals surface area contributed by atoms with Crippen LogP contribution in [0.25, 0.3) is 11.0 Å². The second-order valence-corrected chi connectivity index (χ2v) is 6.14. The number of nitrogens with one attached hydrogen (secondary N) is 1. The molecule has 0 spiro atoms. The van der Waals surface area contributed by atoms with Crippen molar-refractivity contribution in [2.45, 2.75) is 13.8 Å². The van der Waals surface area contributed by atoms with Gasteiger partial charge in [0.25, 0.3) is 0 Å². The van der Waals surface area contributed by atoms with Crippen molar-refractivity contribution in [3.63, 3.8) is 0 Å². The summed E-state index contributed by atoms with van der Waals surface area (Å²) in [7, 11) is 0. The Morgan fingerprint density at radius 3 is 2.88 bits per heavy atom. The van der Waals surface area contributed by atoms with Crippen LogP contribution in [0.3, 0.4) is 0 Å². The van der Waals surface area contributed by atoms with Gasteiger partial charge in [0.05, 0.1) is 12.3 Å². The molecule has 0 atom stereocenters. The Kier molecular flexibility index (Phi) is 4.76. The highest BCUT2D eigenvalue weighted by atomic mass is 79.9. The van der Waals surface area contributed by atoms with Crippen LogP contribution >= 0.6 is 15.9 Å². The molecule has 1 aromatic carbocycles. The third-order valence-electron chi connectivity index (χ3n) is 3.46. The lowest BCUT2D eigenvalue weighted by Crippen LogP contribution is -2.09. The van der Waals surface area contributed by atoms with E-state index in [2.05, 4.69) is 31.2 Å². The van der Waals surface area contributed by atoms with Gasteiger partial charge in [-0.25, -0.2) is 14.8 Å². The zero-order valence-corrected chi connectivity index (χ0v) is 14.9. The van der Waals surface area contributed by atoms with E-state index < -0.39 is 5.97 Å². The van der Waals surface area contributed by atoms with Crippen LogP contribution in [0.15, 0.2) is 47.1 Å². The number of aromatic nitrogens is 2. The Hall–Kier alpha value is -2.47. The highest BCUT2D eigenvalue weighted by Gasteiger charge is 2.17. The molecule has 6 heteroatoms. The number of pyridine rings is 2. The molecule has 3 aromatic rings. The van der Waals surface area contributed by atoms with Gasteiger partial charge in [-0.1, -0.05) is 22.0 Å². The van der Waals surface area contributed by atoms with Crippen molar-refractivity contribution in [3.05, 3.63) is 58.3 Å². The first-order chi connectivity index (χ1) is 11.6. The molecule has 0 aliphatic heterocycles. The SMILES string of the molecule is CCOC(=O)c1cnc2nc(C)ccc2c1Nc1cccc(Br)c1. The molecule has 2 aromatic heterocycles. The second-order valence-electron chi connectivity index (χ2n) is 5.23. The van der Waals surface area contributed by atoms with Crippen molar-refractivity contribution in [3.8, 4) is 0 Å². The van der Waals surface area contributed by atoms with Crippen LogP contribution in [0.4, 0.5) is 11.4 Å². The lowest BCUT2D eigenvalue weighted by molar-refractivity contribution is 0.0527. The van der Waals surface area contributed by atoms with Gasteiger partial charge in [0.15, 0.2) is 5.65 Å². The standard InChI is InChI=1S/C18H16BrN3O2/c1-3-24-18(23)15-10-20-17-14(8-7-11(2)21-17)16(15)22-13-6-4-5-12(19)9-13/h4-10H,3H2,1-2H3,(H,20,21,22). The summed E-state index contributed by atoms with van der Waals surface area (Å²) in [5, 5.41) is 4.07. The molecule has 0 radical (unpaired) electrons. The molecule has 1 N–H and O–H groups in total. The van der Waals surface area contributed by atoms with Gasteiger partial charge >= 0.3 is 5.97 Å². The fraction of sp³-hybridized carbons (Fsp3) is 0.167. The van der Waals surface area contributed by atoms with Crippen LogP contribution in [0.5, 0.6) is 0 Å². The van der Waals surface area contributed by atoms with Crippen molar-refractivity contribution in [1.29, 1.82) is 0 Å². The van der Waals surface area contributed by atoms with E-state index >= 15 is 0 Å². The monoisotopic (exact) mass is 385 g/mol. The Labute approximate surface area is 148 Å². The molecular weight excluding hydrogens is 370 g/mol. The van der Waals surface area contributed by atoms with Gasteiger partial charge in [0.1, 0.15) is 5.56 Å². The number of esters is 1. The summed E-state index contributed by atoms with van der Waals surface area (Å²) >= 11 is 3.45. The maximum Gasteiger partial charge on any atom is 0.341 e. The molecular formula is C18H16BrN3O2. The molecule has 24 heavy (non-hydrogen) atoms. The Balaban J connectivity index is 2.16. The number of ether oxygens (including phenoxy) is 1. The highest BCUT2D eigenvalue weighted by Crippen LogP contribution is 2.30. The molecule has 0 amide bonds. The van der Waals surface area contributed by atoms with E-state index in [1.165, 1.54) is 6.20 Å². The average Bonchev–Trinajstić information content (AvgIpc) is 2.55. The van der Waals surface area contributed by atoms with Crippen LogP contribution < -0.4 is 5.32 Å². The number of carbonyl (C=O) groups excluding carboxylic acids is 1. The molecule has 3 rings (SSSR count). The van der Waals surface area contributed by atoms with E-state index in [-0.39, 0.29) is 0 Å². The molecule has 0 fully saturated rings. The van der Waals surface area contributed by atoms with Crippen LogP contribution in [0, 0.1) is 6.92 Å². The van der Waals surface area contributed by atoms with Gasteiger partial charge in [0.2, 0.25) is 0 Å². The van der Waals surface area contributed by atoms with E-state index in [0.29, 0.717) is 23.5 Å². The van der Waals surface area contributed by atoms with Gasteiger partial charge in [-0.15, -0.1) is 0 Å². The van der Waals surface area contributed by atoms with Crippen molar-refractivity contribution in [2.75, 3.05) is 11.9 Å². The van der Waals surface area contributed by atoms with Crippen LogP contribution in [-0.2, 0) is 4.74 Å². The number of hydrogen-bond donors (Lipinski definition) is 1. The summed E-state index contributed by atoms with van der Waals surface area (Å²) < 4.78 is 6.10. The van der Waals surface area contributed by atoms with Crippen LogP contribution in [-0.4, -0.2) is 22.5 Å². The minimum absolute atomic E-state index is 0.305. The Morgan fingerprint density at radius 1 is 1.29 bits per heavy atom. The fourth-order valence-electron chi connectivity index (χ4n) is 2.38. The van der Waals surface area contributed by atoms with Gasteiger partial charge in [-0.05, 0) is 44.2 Å². The number of hydrogen-bond acceptors (Lipinski definition) is 5. The first kappa shape index (κ1) is 16.4. The predicted octanol–water partition coefficient (Wildman–Crippen LogP) is 4.62. The highest BCUT2D eigenvalue weighted by molar-refractivity contribution is 9.10. The molecule has 122 valence electrons. The maximum atomic E-state index is 12.3. The van der Waals surface area contributed by atoms with E-state index in [4.69, 9.17) is 4.74 Å². The molecule has 0 aliphatic carbocycles. The second kappa shape index (κ2) is 6.97. The molecule has 0 unspecified atom stereocenters. The smallest absolute Gasteiger partial charge is 0.341 e. The third kappa shape index (κ3) is 3.38. The molecule has 0 saturated heterocycles. The lowest BCUT2D eigenvalue weighted by atomic mass is 10.1. The molecule has 2 heterocycles.